The molecule has 3 rings (SSSR count). The van der Waals surface area contributed by atoms with E-state index in [9.17, 15) is 4.79 Å². The molecule has 0 aliphatic heterocycles. The summed E-state index contributed by atoms with van der Waals surface area (Å²) in [5.74, 6) is 2.61. The lowest BCUT2D eigenvalue weighted by Crippen LogP contribution is -2.28. The molecule has 3 aromatic rings. The Morgan fingerprint density at radius 1 is 0.778 bits per heavy atom. The molecule has 0 spiro atoms. The number of aryl methyl sites for hydroxylation is 1. The van der Waals surface area contributed by atoms with Crippen LogP contribution in [0.15, 0.2) is 72.8 Å². The van der Waals surface area contributed by atoms with E-state index in [0.29, 0.717) is 24.8 Å². The maximum Gasteiger partial charge on any atom is 0.220 e. The SMILES string of the molecule is COc1ccc([C@@H](CCNC(=O)C[C@H](c2ccc(C)cc2)c2ccc(OC(C)C)cc2)C(C)C)cc1. The van der Waals surface area contributed by atoms with Gasteiger partial charge in [-0.05, 0) is 80.0 Å². The van der Waals surface area contributed by atoms with Crippen LogP contribution in [-0.2, 0) is 4.79 Å². The lowest BCUT2D eigenvalue weighted by molar-refractivity contribution is -0.121. The zero-order valence-electron chi connectivity index (χ0n) is 22.6. The van der Waals surface area contributed by atoms with Crippen molar-refractivity contribution in [3.63, 3.8) is 0 Å². The second-order valence-electron chi connectivity index (χ2n) is 10.2. The first-order valence-corrected chi connectivity index (χ1v) is 13.0. The average molecular weight is 488 g/mol. The molecule has 0 bridgehead atoms. The van der Waals surface area contributed by atoms with Crippen LogP contribution in [0.25, 0.3) is 0 Å². The third-order valence-electron chi connectivity index (χ3n) is 6.65. The van der Waals surface area contributed by atoms with Crippen LogP contribution in [0.5, 0.6) is 11.5 Å². The summed E-state index contributed by atoms with van der Waals surface area (Å²) >= 11 is 0. The van der Waals surface area contributed by atoms with Gasteiger partial charge in [0.25, 0.3) is 0 Å². The Morgan fingerprint density at radius 2 is 1.31 bits per heavy atom. The molecule has 2 atom stereocenters. The van der Waals surface area contributed by atoms with Gasteiger partial charge >= 0.3 is 0 Å². The Balaban J connectivity index is 1.67. The molecule has 192 valence electrons. The van der Waals surface area contributed by atoms with Crippen molar-refractivity contribution in [2.24, 2.45) is 5.92 Å². The van der Waals surface area contributed by atoms with Gasteiger partial charge in [0.2, 0.25) is 5.91 Å². The summed E-state index contributed by atoms with van der Waals surface area (Å²) in [5, 5.41) is 3.19. The Morgan fingerprint density at radius 3 is 1.83 bits per heavy atom. The van der Waals surface area contributed by atoms with Gasteiger partial charge in [0.05, 0.1) is 13.2 Å². The first-order chi connectivity index (χ1) is 17.3. The number of benzene rings is 3. The zero-order chi connectivity index (χ0) is 26.1. The maximum absolute atomic E-state index is 13.1. The van der Waals surface area contributed by atoms with E-state index in [1.54, 1.807) is 7.11 Å². The topological polar surface area (TPSA) is 47.6 Å². The van der Waals surface area contributed by atoms with Crippen LogP contribution in [0.4, 0.5) is 0 Å². The number of hydrogen-bond acceptors (Lipinski definition) is 3. The van der Waals surface area contributed by atoms with Gasteiger partial charge in [-0.2, -0.15) is 0 Å². The largest absolute Gasteiger partial charge is 0.497 e. The van der Waals surface area contributed by atoms with Gasteiger partial charge in [0, 0.05) is 18.9 Å². The summed E-state index contributed by atoms with van der Waals surface area (Å²) in [5.41, 5.74) is 4.75. The molecule has 4 nitrogen and oxygen atoms in total. The van der Waals surface area contributed by atoms with Crippen LogP contribution >= 0.6 is 0 Å². The summed E-state index contributed by atoms with van der Waals surface area (Å²) in [4.78, 5) is 13.1. The number of carbonyl (C=O) groups excluding carboxylic acids is 1. The highest BCUT2D eigenvalue weighted by atomic mass is 16.5. The lowest BCUT2D eigenvalue weighted by Gasteiger charge is -2.23. The Labute approximate surface area is 217 Å². The average Bonchev–Trinajstić information content (AvgIpc) is 2.86. The summed E-state index contributed by atoms with van der Waals surface area (Å²) in [7, 11) is 1.68. The van der Waals surface area contributed by atoms with E-state index in [0.717, 1.165) is 29.0 Å². The molecule has 0 aliphatic carbocycles. The molecule has 3 aromatic carbocycles. The minimum absolute atomic E-state index is 0.0128. The number of methoxy groups -OCH3 is 1. The van der Waals surface area contributed by atoms with Crippen molar-refractivity contribution in [1.82, 2.24) is 5.32 Å². The molecular weight excluding hydrogens is 446 g/mol. The number of nitrogens with one attached hydrogen (secondary N) is 1. The Kier molecular flexibility index (Phi) is 9.98. The summed E-state index contributed by atoms with van der Waals surface area (Å²) in [6, 6.07) is 24.9. The molecule has 36 heavy (non-hydrogen) atoms. The number of carbonyl (C=O) groups is 1. The summed E-state index contributed by atoms with van der Waals surface area (Å²) in [6.07, 6.45) is 1.43. The van der Waals surface area contributed by atoms with E-state index >= 15 is 0 Å². The van der Waals surface area contributed by atoms with E-state index in [2.05, 4.69) is 74.6 Å². The molecule has 0 saturated heterocycles. The minimum atomic E-state index is -0.0128. The fraction of sp³-hybridized carbons (Fsp3) is 0.406. The van der Waals surface area contributed by atoms with Crippen molar-refractivity contribution in [3.05, 3.63) is 95.1 Å². The van der Waals surface area contributed by atoms with Crippen LogP contribution in [0, 0.1) is 12.8 Å². The molecule has 0 unspecified atom stereocenters. The quantitative estimate of drug-likeness (QED) is 0.292. The fourth-order valence-corrected chi connectivity index (χ4v) is 4.64. The molecule has 0 fully saturated rings. The number of hydrogen-bond donors (Lipinski definition) is 1. The normalized spacial score (nSPS) is 12.9. The van der Waals surface area contributed by atoms with Crippen molar-refractivity contribution < 1.29 is 14.3 Å². The van der Waals surface area contributed by atoms with Crippen molar-refractivity contribution in [2.75, 3.05) is 13.7 Å². The minimum Gasteiger partial charge on any atom is -0.497 e. The maximum atomic E-state index is 13.1. The monoisotopic (exact) mass is 487 g/mol. The highest BCUT2D eigenvalue weighted by Gasteiger charge is 2.20. The molecule has 1 amide bonds. The first-order valence-electron chi connectivity index (χ1n) is 13.0. The Hall–Kier alpha value is -3.27. The third-order valence-corrected chi connectivity index (χ3v) is 6.65. The van der Waals surface area contributed by atoms with Crippen molar-refractivity contribution in [3.8, 4) is 11.5 Å². The second-order valence-corrected chi connectivity index (χ2v) is 10.2. The first kappa shape index (κ1) is 27.3. The van der Waals surface area contributed by atoms with Crippen molar-refractivity contribution in [1.29, 1.82) is 0 Å². The van der Waals surface area contributed by atoms with Crippen molar-refractivity contribution >= 4 is 5.91 Å². The van der Waals surface area contributed by atoms with E-state index in [-0.39, 0.29) is 17.9 Å². The van der Waals surface area contributed by atoms with Gasteiger partial charge in [-0.25, -0.2) is 0 Å². The van der Waals surface area contributed by atoms with Crippen LogP contribution < -0.4 is 14.8 Å². The molecule has 0 aromatic heterocycles. The van der Waals surface area contributed by atoms with Crippen LogP contribution in [-0.4, -0.2) is 25.7 Å². The zero-order valence-corrected chi connectivity index (χ0v) is 22.6. The number of ether oxygens (including phenoxy) is 2. The highest BCUT2D eigenvalue weighted by molar-refractivity contribution is 5.77. The van der Waals surface area contributed by atoms with Gasteiger partial charge in [-0.3, -0.25) is 4.79 Å². The van der Waals surface area contributed by atoms with Gasteiger partial charge in [0.1, 0.15) is 11.5 Å². The fourth-order valence-electron chi connectivity index (χ4n) is 4.64. The van der Waals surface area contributed by atoms with E-state index in [4.69, 9.17) is 9.47 Å². The van der Waals surface area contributed by atoms with Crippen molar-refractivity contribution in [2.45, 2.75) is 65.4 Å². The predicted molar refractivity (Wildman–Crippen MR) is 148 cm³/mol. The van der Waals surface area contributed by atoms with Gasteiger partial charge in [-0.1, -0.05) is 67.9 Å². The molecule has 0 radical (unpaired) electrons. The van der Waals surface area contributed by atoms with Gasteiger partial charge in [-0.15, -0.1) is 0 Å². The van der Waals surface area contributed by atoms with Gasteiger partial charge < -0.3 is 14.8 Å². The summed E-state index contributed by atoms with van der Waals surface area (Å²) in [6.45, 7) is 11.2. The van der Waals surface area contributed by atoms with E-state index < -0.39 is 0 Å². The third kappa shape index (κ3) is 7.87. The molecule has 4 heteroatoms. The predicted octanol–water partition coefficient (Wildman–Crippen LogP) is 7.26. The molecular formula is C32H41NO3. The lowest BCUT2D eigenvalue weighted by atomic mass is 9.85. The van der Waals surface area contributed by atoms with E-state index in [1.165, 1.54) is 11.1 Å². The number of rotatable bonds is 12. The van der Waals surface area contributed by atoms with Crippen LogP contribution in [0.2, 0.25) is 0 Å². The molecule has 0 saturated carbocycles. The highest BCUT2D eigenvalue weighted by Crippen LogP contribution is 2.31. The summed E-state index contributed by atoms with van der Waals surface area (Å²) < 4.78 is 11.1. The Bertz CT molecular complexity index is 1070. The smallest absolute Gasteiger partial charge is 0.220 e. The number of amides is 1. The van der Waals surface area contributed by atoms with Crippen LogP contribution in [0.1, 0.15) is 74.6 Å². The standard InChI is InChI=1S/C32H41NO3/c1-22(2)30(25-11-15-28(35-6)16-12-25)19-20-33-32(34)21-31(26-9-7-24(5)8-10-26)27-13-17-29(18-14-27)36-23(3)4/h7-18,22-23,30-31H,19-21H2,1-6H3,(H,33,34)/t30-,31+/m0/s1. The molecule has 0 heterocycles. The second kappa shape index (κ2) is 13.2. The van der Waals surface area contributed by atoms with Crippen LogP contribution in [0.3, 0.4) is 0 Å². The van der Waals surface area contributed by atoms with E-state index in [1.807, 2.05) is 38.1 Å². The molecule has 1 N–H and O–H groups in total. The van der Waals surface area contributed by atoms with Gasteiger partial charge in [0.15, 0.2) is 0 Å². The molecule has 0 aliphatic rings.